The number of hydrogen-bond acceptors (Lipinski definition) is 3. The second-order valence-electron chi connectivity index (χ2n) is 6.57. The van der Waals surface area contributed by atoms with Crippen LogP contribution in [0.5, 0.6) is 0 Å². The molecule has 0 bridgehead atoms. The summed E-state index contributed by atoms with van der Waals surface area (Å²) < 4.78 is 11.7. The van der Waals surface area contributed by atoms with Crippen molar-refractivity contribution in [2.75, 3.05) is 19.8 Å². The van der Waals surface area contributed by atoms with E-state index in [4.69, 9.17) is 14.6 Å². The molecular formula is C20H42O3. The third-order valence-electron chi connectivity index (χ3n) is 4.20. The molecule has 23 heavy (non-hydrogen) atoms. The maximum absolute atomic E-state index is 8.99. The smallest absolute Gasteiger partial charge is 0.157 e. The van der Waals surface area contributed by atoms with Gasteiger partial charge in [0.25, 0.3) is 0 Å². The molecule has 0 spiro atoms. The monoisotopic (exact) mass is 330 g/mol. The normalized spacial score (nSPS) is 11.5. The quantitative estimate of drug-likeness (QED) is 0.239. The van der Waals surface area contributed by atoms with Crippen molar-refractivity contribution in [1.82, 2.24) is 0 Å². The van der Waals surface area contributed by atoms with Crippen molar-refractivity contribution in [2.45, 2.75) is 110 Å². The number of unbranched alkanes of at least 4 members (excludes halogenated alkanes) is 10. The average Bonchev–Trinajstić information content (AvgIpc) is 2.57. The van der Waals surface area contributed by atoms with Gasteiger partial charge in [0.1, 0.15) is 0 Å². The van der Waals surface area contributed by atoms with Gasteiger partial charge < -0.3 is 14.6 Å². The number of rotatable bonds is 19. The van der Waals surface area contributed by atoms with Gasteiger partial charge in [-0.2, -0.15) is 0 Å². The van der Waals surface area contributed by atoms with Gasteiger partial charge in [0.15, 0.2) is 6.29 Å². The Morgan fingerprint density at radius 3 is 1.48 bits per heavy atom. The molecular weight excluding hydrogens is 288 g/mol. The van der Waals surface area contributed by atoms with Crippen LogP contribution in [0.2, 0.25) is 0 Å². The van der Waals surface area contributed by atoms with E-state index in [-0.39, 0.29) is 12.9 Å². The third kappa shape index (κ3) is 18.1. The van der Waals surface area contributed by atoms with E-state index in [1.54, 1.807) is 0 Å². The van der Waals surface area contributed by atoms with Crippen LogP contribution in [-0.4, -0.2) is 31.2 Å². The van der Waals surface area contributed by atoms with E-state index in [1.165, 1.54) is 64.2 Å². The molecule has 0 aromatic carbocycles. The fourth-order valence-corrected chi connectivity index (χ4v) is 2.67. The summed E-state index contributed by atoms with van der Waals surface area (Å²) in [4.78, 5) is 0. The van der Waals surface area contributed by atoms with E-state index in [2.05, 4.69) is 13.8 Å². The van der Waals surface area contributed by atoms with Crippen LogP contribution < -0.4 is 0 Å². The van der Waals surface area contributed by atoms with Crippen molar-refractivity contribution >= 4 is 0 Å². The maximum atomic E-state index is 8.99. The van der Waals surface area contributed by atoms with Gasteiger partial charge in [-0.25, -0.2) is 0 Å². The molecule has 0 aromatic heterocycles. The number of aliphatic hydroxyl groups is 1. The lowest BCUT2D eigenvalue weighted by atomic mass is 10.1. The molecule has 0 saturated carbocycles. The van der Waals surface area contributed by atoms with Gasteiger partial charge in [-0.05, 0) is 19.3 Å². The van der Waals surface area contributed by atoms with Crippen molar-refractivity contribution in [3.63, 3.8) is 0 Å². The Bertz CT molecular complexity index is 191. The largest absolute Gasteiger partial charge is 0.396 e. The van der Waals surface area contributed by atoms with E-state index in [1.807, 2.05) is 0 Å². The fraction of sp³-hybridized carbons (Fsp3) is 1.00. The van der Waals surface area contributed by atoms with Crippen LogP contribution in [0.15, 0.2) is 0 Å². The minimum absolute atomic E-state index is 0.117. The van der Waals surface area contributed by atoms with Crippen LogP contribution in [-0.2, 0) is 9.47 Å². The van der Waals surface area contributed by atoms with Crippen LogP contribution >= 0.6 is 0 Å². The summed E-state index contributed by atoms with van der Waals surface area (Å²) in [6, 6.07) is 0. The standard InChI is InChI=1S/C20H42O3/c1-3-5-7-9-11-13-18-22-20(16-15-17-21)23-19-14-12-10-8-6-4-2/h20-21H,3-19H2,1-2H3. The van der Waals surface area contributed by atoms with E-state index in [0.29, 0.717) is 0 Å². The SMILES string of the molecule is CCCCCCCCOC(CCCO)OCCCCCCCC. The molecule has 0 aromatic rings. The van der Waals surface area contributed by atoms with E-state index >= 15 is 0 Å². The van der Waals surface area contributed by atoms with Gasteiger partial charge in [0, 0.05) is 26.2 Å². The van der Waals surface area contributed by atoms with Crippen molar-refractivity contribution in [3.05, 3.63) is 0 Å². The molecule has 3 heteroatoms. The predicted molar refractivity (Wildman–Crippen MR) is 98.8 cm³/mol. The Kier molecular flexibility index (Phi) is 19.8. The zero-order chi connectivity index (χ0) is 17.0. The Hall–Kier alpha value is -0.120. The number of ether oxygens (including phenoxy) is 2. The molecule has 0 aliphatic carbocycles. The predicted octanol–water partition coefficient (Wildman–Crippen LogP) is 5.84. The van der Waals surface area contributed by atoms with Crippen molar-refractivity contribution < 1.29 is 14.6 Å². The zero-order valence-corrected chi connectivity index (χ0v) is 15.9. The molecule has 140 valence electrons. The van der Waals surface area contributed by atoms with E-state index in [9.17, 15) is 0 Å². The zero-order valence-electron chi connectivity index (χ0n) is 15.9. The molecule has 0 amide bonds. The summed E-state index contributed by atoms with van der Waals surface area (Å²) in [5, 5.41) is 8.99. The maximum Gasteiger partial charge on any atom is 0.157 e. The average molecular weight is 331 g/mol. The third-order valence-corrected chi connectivity index (χ3v) is 4.20. The Morgan fingerprint density at radius 1 is 0.609 bits per heavy atom. The van der Waals surface area contributed by atoms with Gasteiger partial charge in [-0.15, -0.1) is 0 Å². The lowest BCUT2D eigenvalue weighted by molar-refractivity contribution is -0.148. The van der Waals surface area contributed by atoms with Gasteiger partial charge in [0.05, 0.1) is 0 Å². The Balaban J connectivity index is 3.56. The first-order valence-electron chi connectivity index (χ1n) is 10.2. The first kappa shape index (κ1) is 22.9. The van der Waals surface area contributed by atoms with E-state index in [0.717, 1.165) is 38.9 Å². The van der Waals surface area contributed by atoms with Crippen LogP contribution in [0.25, 0.3) is 0 Å². The minimum atomic E-state index is -0.117. The highest BCUT2D eigenvalue weighted by Crippen LogP contribution is 2.10. The van der Waals surface area contributed by atoms with Crippen LogP contribution in [0.4, 0.5) is 0 Å². The molecule has 0 rings (SSSR count). The molecule has 0 heterocycles. The van der Waals surface area contributed by atoms with Crippen molar-refractivity contribution in [3.8, 4) is 0 Å². The first-order chi connectivity index (χ1) is 11.3. The fourth-order valence-electron chi connectivity index (χ4n) is 2.67. The summed E-state index contributed by atoms with van der Waals surface area (Å²) in [5.74, 6) is 0. The first-order valence-corrected chi connectivity index (χ1v) is 10.2. The molecule has 0 fully saturated rings. The summed E-state index contributed by atoms with van der Waals surface area (Å²) in [6.07, 6.45) is 16.8. The highest BCUT2D eigenvalue weighted by Gasteiger charge is 2.08. The number of hydrogen-bond donors (Lipinski definition) is 1. The van der Waals surface area contributed by atoms with Crippen LogP contribution in [0.3, 0.4) is 0 Å². The molecule has 0 radical (unpaired) electrons. The Morgan fingerprint density at radius 2 is 1.04 bits per heavy atom. The van der Waals surface area contributed by atoms with Gasteiger partial charge in [-0.3, -0.25) is 0 Å². The molecule has 0 aliphatic rings. The van der Waals surface area contributed by atoms with Gasteiger partial charge in [0.2, 0.25) is 0 Å². The van der Waals surface area contributed by atoms with Crippen molar-refractivity contribution in [2.24, 2.45) is 0 Å². The lowest BCUT2D eigenvalue weighted by Gasteiger charge is -2.18. The lowest BCUT2D eigenvalue weighted by Crippen LogP contribution is -2.19. The number of aliphatic hydroxyl groups excluding tert-OH is 1. The molecule has 1 N–H and O–H groups in total. The topological polar surface area (TPSA) is 38.7 Å². The van der Waals surface area contributed by atoms with Crippen LogP contribution in [0.1, 0.15) is 104 Å². The van der Waals surface area contributed by atoms with Crippen molar-refractivity contribution in [1.29, 1.82) is 0 Å². The molecule has 0 atom stereocenters. The highest BCUT2D eigenvalue weighted by atomic mass is 16.7. The molecule has 0 unspecified atom stereocenters. The Labute approximate surface area is 145 Å². The summed E-state index contributed by atoms with van der Waals surface area (Å²) in [6.45, 7) is 6.29. The summed E-state index contributed by atoms with van der Waals surface area (Å²) in [5.41, 5.74) is 0. The second kappa shape index (κ2) is 19.9. The molecule has 0 aliphatic heterocycles. The molecule has 3 nitrogen and oxygen atoms in total. The summed E-state index contributed by atoms with van der Waals surface area (Å²) in [7, 11) is 0. The second-order valence-corrected chi connectivity index (χ2v) is 6.57. The molecule has 0 saturated heterocycles. The van der Waals surface area contributed by atoms with Gasteiger partial charge >= 0.3 is 0 Å². The minimum Gasteiger partial charge on any atom is -0.396 e. The van der Waals surface area contributed by atoms with E-state index < -0.39 is 0 Å². The van der Waals surface area contributed by atoms with Crippen LogP contribution in [0, 0.1) is 0 Å². The highest BCUT2D eigenvalue weighted by molar-refractivity contribution is 4.50. The van der Waals surface area contributed by atoms with Gasteiger partial charge in [-0.1, -0.05) is 78.1 Å². The summed E-state index contributed by atoms with van der Waals surface area (Å²) >= 11 is 0.